The maximum Gasteiger partial charge on any atom is 0.0739 e. The van der Waals surface area contributed by atoms with Gasteiger partial charge >= 0.3 is 0 Å². The summed E-state index contributed by atoms with van der Waals surface area (Å²) in [6.45, 7) is 4.77. The summed E-state index contributed by atoms with van der Waals surface area (Å²) in [7, 11) is 1.99. The number of anilines is 1. The number of nitrogens with zero attached hydrogens (tertiary/aromatic N) is 3. The highest BCUT2D eigenvalue weighted by molar-refractivity contribution is 9.10. The molecule has 1 aromatic heterocycles. The SMILES string of the molecule is Cc1nn(C)c(CN2Cc3cccc(N)c3C2)c1Br. The number of benzene rings is 1. The molecule has 0 saturated carbocycles. The lowest BCUT2D eigenvalue weighted by molar-refractivity contribution is 0.267. The Balaban J connectivity index is 1.83. The molecule has 100 valence electrons. The van der Waals surface area contributed by atoms with Gasteiger partial charge < -0.3 is 5.73 Å². The number of aryl methyl sites for hydroxylation is 2. The fourth-order valence-corrected chi connectivity index (χ4v) is 3.15. The molecule has 3 rings (SSSR count). The molecule has 0 atom stereocenters. The molecule has 4 nitrogen and oxygen atoms in total. The number of fused-ring (bicyclic) bond motifs is 1. The summed E-state index contributed by atoms with van der Waals surface area (Å²) in [5, 5.41) is 4.44. The van der Waals surface area contributed by atoms with Crippen molar-refractivity contribution in [1.29, 1.82) is 0 Å². The van der Waals surface area contributed by atoms with Crippen molar-refractivity contribution in [3.63, 3.8) is 0 Å². The third-order valence-electron chi connectivity index (χ3n) is 3.72. The van der Waals surface area contributed by atoms with Gasteiger partial charge in [-0.3, -0.25) is 9.58 Å². The van der Waals surface area contributed by atoms with E-state index in [1.807, 2.05) is 30.8 Å². The Hall–Kier alpha value is -1.33. The topological polar surface area (TPSA) is 47.1 Å². The quantitative estimate of drug-likeness (QED) is 0.865. The van der Waals surface area contributed by atoms with E-state index in [1.54, 1.807) is 0 Å². The van der Waals surface area contributed by atoms with E-state index in [0.29, 0.717) is 0 Å². The van der Waals surface area contributed by atoms with Gasteiger partial charge in [-0.2, -0.15) is 5.10 Å². The minimum atomic E-state index is 0.881. The van der Waals surface area contributed by atoms with Crippen LogP contribution in [0.25, 0.3) is 0 Å². The van der Waals surface area contributed by atoms with Crippen LogP contribution in [0.3, 0.4) is 0 Å². The van der Waals surface area contributed by atoms with Crippen molar-refractivity contribution in [1.82, 2.24) is 14.7 Å². The molecule has 0 unspecified atom stereocenters. The Morgan fingerprint density at radius 3 is 2.79 bits per heavy atom. The van der Waals surface area contributed by atoms with Gasteiger partial charge in [0, 0.05) is 32.4 Å². The van der Waals surface area contributed by atoms with Crippen molar-refractivity contribution in [2.45, 2.75) is 26.6 Å². The van der Waals surface area contributed by atoms with Crippen LogP contribution in [0.1, 0.15) is 22.5 Å². The third-order valence-corrected chi connectivity index (χ3v) is 4.75. The molecule has 0 spiro atoms. The second-order valence-corrected chi connectivity index (χ2v) is 5.89. The third kappa shape index (κ3) is 2.17. The maximum absolute atomic E-state index is 6.04. The van der Waals surface area contributed by atoms with Gasteiger partial charge in [-0.05, 0) is 40.0 Å². The van der Waals surface area contributed by atoms with E-state index in [-0.39, 0.29) is 0 Å². The van der Waals surface area contributed by atoms with Gasteiger partial charge in [0.1, 0.15) is 0 Å². The first-order valence-corrected chi connectivity index (χ1v) is 7.12. The van der Waals surface area contributed by atoms with Crippen molar-refractivity contribution < 1.29 is 0 Å². The number of nitrogens with two attached hydrogens (primary N) is 1. The van der Waals surface area contributed by atoms with Crippen LogP contribution in [-0.2, 0) is 26.7 Å². The average Bonchev–Trinajstić information content (AvgIpc) is 2.88. The molecule has 1 aliphatic heterocycles. The van der Waals surface area contributed by atoms with Gasteiger partial charge in [0.15, 0.2) is 0 Å². The van der Waals surface area contributed by atoms with Crippen molar-refractivity contribution >= 4 is 21.6 Å². The van der Waals surface area contributed by atoms with Crippen LogP contribution in [0.15, 0.2) is 22.7 Å². The zero-order valence-electron chi connectivity index (χ0n) is 11.2. The molecule has 2 heterocycles. The van der Waals surface area contributed by atoms with E-state index >= 15 is 0 Å². The molecule has 19 heavy (non-hydrogen) atoms. The van der Waals surface area contributed by atoms with Crippen LogP contribution < -0.4 is 5.73 Å². The molecular weight excluding hydrogens is 304 g/mol. The lowest BCUT2D eigenvalue weighted by Crippen LogP contribution is -2.18. The highest BCUT2D eigenvalue weighted by atomic mass is 79.9. The van der Waals surface area contributed by atoms with Crippen molar-refractivity contribution in [3.8, 4) is 0 Å². The highest BCUT2D eigenvalue weighted by Gasteiger charge is 2.23. The summed E-state index contributed by atoms with van der Waals surface area (Å²) in [4.78, 5) is 2.39. The van der Waals surface area contributed by atoms with E-state index in [4.69, 9.17) is 5.73 Å². The molecule has 1 aliphatic rings. The van der Waals surface area contributed by atoms with E-state index in [9.17, 15) is 0 Å². The van der Waals surface area contributed by atoms with Crippen LogP contribution in [-0.4, -0.2) is 14.7 Å². The standard InChI is InChI=1S/C14H17BrN4/c1-9-14(15)13(18(2)17-9)8-19-6-10-4-3-5-12(16)11(10)7-19/h3-5H,6-8,16H2,1-2H3. The summed E-state index contributed by atoms with van der Waals surface area (Å²) < 4.78 is 3.06. The smallest absolute Gasteiger partial charge is 0.0739 e. The number of hydrogen-bond donors (Lipinski definition) is 1. The molecule has 0 amide bonds. The van der Waals surface area contributed by atoms with Crippen LogP contribution in [0.2, 0.25) is 0 Å². The van der Waals surface area contributed by atoms with Crippen LogP contribution in [0.5, 0.6) is 0 Å². The van der Waals surface area contributed by atoms with Gasteiger partial charge in [0.25, 0.3) is 0 Å². The summed E-state index contributed by atoms with van der Waals surface area (Å²) >= 11 is 3.62. The molecular formula is C14H17BrN4. The number of rotatable bonds is 2. The number of halogens is 1. The normalized spacial score (nSPS) is 14.9. The monoisotopic (exact) mass is 320 g/mol. The lowest BCUT2D eigenvalue weighted by atomic mass is 10.1. The van der Waals surface area contributed by atoms with Crippen molar-refractivity contribution in [3.05, 3.63) is 45.2 Å². The maximum atomic E-state index is 6.04. The minimum absolute atomic E-state index is 0.881. The lowest BCUT2D eigenvalue weighted by Gasteiger charge is -2.15. The zero-order chi connectivity index (χ0) is 13.6. The Morgan fingerprint density at radius 1 is 1.37 bits per heavy atom. The number of nitrogen functional groups attached to an aromatic ring is 1. The summed E-state index contributed by atoms with van der Waals surface area (Å²) in [6, 6.07) is 6.17. The molecule has 0 fully saturated rings. The second-order valence-electron chi connectivity index (χ2n) is 5.10. The molecule has 2 N–H and O–H groups in total. The largest absolute Gasteiger partial charge is 0.398 e. The Morgan fingerprint density at radius 2 is 2.16 bits per heavy atom. The second kappa shape index (κ2) is 4.65. The van der Waals surface area contributed by atoms with Crippen molar-refractivity contribution in [2.75, 3.05) is 5.73 Å². The molecule has 5 heteroatoms. The van der Waals surface area contributed by atoms with E-state index in [0.717, 1.165) is 35.5 Å². The summed E-state index contributed by atoms with van der Waals surface area (Å²) in [5.41, 5.74) is 11.8. The van der Waals surface area contributed by atoms with Crippen molar-refractivity contribution in [2.24, 2.45) is 7.05 Å². The number of aromatic nitrogens is 2. The first kappa shape index (κ1) is 12.7. The van der Waals surface area contributed by atoms with Crippen LogP contribution in [0, 0.1) is 6.92 Å². The van der Waals surface area contributed by atoms with Crippen LogP contribution >= 0.6 is 15.9 Å². The predicted octanol–water partition coefficient (Wildman–Crippen LogP) is 2.59. The van der Waals surface area contributed by atoms with Gasteiger partial charge in [-0.25, -0.2) is 0 Å². The first-order chi connectivity index (χ1) is 9.06. The highest BCUT2D eigenvalue weighted by Crippen LogP contribution is 2.30. The van der Waals surface area contributed by atoms with Gasteiger partial charge in [0.2, 0.25) is 0 Å². The molecule has 0 bridgehead atoms. The zero-order valence-corrected chi connectivity index (χ0v) is 12.7. The fourth-order valence-electron chi connectivity index (χ4n) is 2.69. The minimum Gasteiger partial charge on any atom is -0.398 e. The molecule has 0 aliphatic carbocycles. The molecule has 1 aromatic carbocycles. The van der Waals surface area contributed by atoms with Crippen LogP contribution in [0.4, 0.5) is 5.69 Å². The Labute approximate surface area is 121 Å². The van der Waals surface area contributed by atoms with Gasteiger partial charge in [0.05, 0.1) is 15.9 Å². The first-order valence-electron chi connectivity index (χ1n) is 6.33. The molecule has 0 radical (unpaired) electrons. The Bertz CT molecular complexity index is 633. The molecule has 0 saturated heterocycles. The van der Waals surface area contributed by atoms with E-state index < -0.39 is 0 Å². The molecule has 2 aromatic rings. The van der Waals surface area contributed by atoms with Gasteiger partial charge in [-0.15, -0.1) is 0 Å². The number of hydrogen-bond acceptors (Lipinski definition) is 3. The van der Waals surface area contributed by atoms with E-state index in [1.165, 1.54) is 16.8 Å². The van der Waals surface area contributed by atoms with E-state index in [2.05, 4.69) is 32.0 Å². The Kier molecular flexibility index (Phi) is 3.11. The average molecular weight is 321 g/mol. The van der Waals surface area contributed by atoms with Gasteiger partial charge in [-0.1, -0.05) is 12.1 Å². The fraction of sp³-hybridized carbons (Fsp3) is 0.357. The summed E-state index contributed by atoms with van der Waals surface area (Å²) in [5.74, 6) is 0. The summed E-state index contributed by atoms with van der Waals surface area (Å²) in [6.07, 6.45) is 0. The predicted molar refractivity (Wildman–Crippen MR) is 79.5 cm³/mol.